The molecule has 3 rings (SSSR count). The summed E-state index contributed by atoms with van der Waals surface area (Å²) in [6.07, 6.45) is 4.60. The van der Waals surface area contributed by atoms with Crippen molar-refractivity contribution in [3.05, 3.63) is 41.6 Å². The molecule has 2 aromatic rings. The number of aromatic nitrogens is 2. The van der Waals surface area contributed by atoms with Crippen LogP contribution in [0.15, 0.2) is 33.8 Å². The van der Waals surface area contributed by atoms with Crippen LogP contribution in [-0.2, 0) is 21.4 Å². The third kappa shape index (κ3) is 3.84. The summed E-state index contributed by atoms with van der Waals surface area (Å²) in [7, 11) is -3.63. The Morgan fingerprint density at radius 1 is 1.26 bits per heavy atom. The van der Waals surface area contributed by atoms with Crippen molar-refractivity contribution in [2.24, 2.45) is 0 Å². The summed E-state index contributed by atoms with van der Waals surface area (Å²) < 4.78 is 34.4. The zero-order chi connectivity index (χ0) is 19.6. The average molecular weight is 392 g/mol. The van der Waals surface area contributed by atoms with Crippen molar-refractivity contribution < 1.29 is 17.6 Å². The highest BCUT2D eigenvalue weighted by atomic mass is 32.2. The third-order valence-electron chi connectivity index (χ3n) is 4.70. The van der Waals surface area contributed by atoms with Gasteiger partial charge in [0.25, 0.3) is 0 Å². The van der Waals surface area contributed by atoms with Crippen molar-refractivity contribution in [3.63, 3.8) is 0 Å². The number of furan rings is 1. The smallest absolute Gasteiger partial charge is 0.246 e. The van der Waals surface area contributed by atoms with E-state index in [2.05, 4.69) is 5.10 Å². The molecular weight excluding hydrogens is 368 g/mol. The first-order chi connectivity index (χ1) is 12.8. The molecule has 0 unspecified atom stereocenters. The Morgan fingerprint density at radius 3 is 2.52 bits per heavy atom. The minimum atomic E-state index is -3.63. The van der Waals surface area contributed by atoms with Crippen molar-refractivity contribution in [3.8, 4) is 0 Å². The zero-order valence-electron chi connectivity index (χ0n) is 15.8. The Morgan fingerprint density at radius 2 is 1.96 bits per heavy atom. The number of nitrogens with zero attached hydrogens (tertiary/aromatic N) is 4. The van der Waals surface area contributed by atoms with Crippen molar-refractivity contribution in [1.82, 2.24) is 19.0 Å². The van der Waals surface area contributed by atoms with E-state index in [-0.39, 0.29) is 23.9 Å². The Labute approximate surface area is 159 Å². The number of carbonyl (C=O) groups is 1. The van der Waals surface area contributed by atoms with Crippen LogP contribution in [0.2, 0.25) is 0 Å². The second-order valence-electron chi connectivity index (χ2n) is 6.39. The van der Waals surface area contributed by atoms with E-state index in [0.717, 1.165) is 0 Å². The van der Waals surface area contributed by atoms with Crippen LogP contribution < -0.4 is 0 Å². The highest BCUT2D eigenvalue weighted by molar-refractivity contribution is 7.89. The molecule has 1 fully saturated rings. The number of sulfonamides is 1. The molecule has 2 aromatic heterocycles. The molecule has 8 nitrogen and oxygen atoms in total. The van der Waals surface area contributed by atoms with Crippen LogP contribution in [0.25, 0.3) is 6.08 Å². The largest absolute Gasteiger partial charge is 0.465 e. The van der Waals surface area contributed by atoms with Gasteiger partial charge in [-0.3, -0.25) is 9.48 Å². The molecule has 0 spiro atoms. The average Bonchev–Trinajstić information content (AvgIpc) is 3.27. The van der Waals surface area contributed by atoms with Crippen molar-refractivity contribution in [2.75, 3.05) is 26.2 Å². The maximum absolute atomic E-state index is 13.1. The van der Waals surface area contributed by atoms with Crippen LogP contribution in [0.1, 0.15) is 24.1 Å². The topological polar surface area (TPSA) is 88.7 Å². The number of hydrogen-bond donors (Lipinski definition) is 0. The van der Waals surface area contributed by atoms with Gasteiger partial charge < -0.3 is 9.32 Å². The lowest BCUT2D eigenvalue weighted by Crippen LogP contribution is -2.50. The molecule has 0 aliphatic carbocycles. The fraction of sp³-hybridized carbons (Fsp3) is 0.444. The molecular formula is C18H24N4O4S. The van der Waals surface area contributed by atoms with E-state index in [9.17, 15) is 13.2 Å². The highest BCUT2D eigenvalue weighted by Gasteiger charge is 2.33. The number of aryl methyl sites for hydroxylation is 2. The maximum Gasteiger partial charge on any atom is 0.246 e. The monoisotopic (exact) mass is 392 g/mol. The molecule has 1 amide bonds. The van der Waals surface area contributed by atoms with Crippen LogP contribution in [0.4, 0.5) is 0 Å². The SMILES string of the molecule is CCn1nc(C)c(S(=O)(=O)N2CCN(C(=O)C=Cc3ccco3)CC2)c1C. The van der Waals surface area contributed by atoms with E-state index in [0.29, 0.717) is 36.8 Å². The summed E-state index contributed by atoms with van der Waals surface area (Å²) in [6.45, 7) is 7.25. The Kier molecular flexibility index (Phi) is 5.52. The van der Waals surface area contributed by atoms with Gasteiger partial charge in [-0.1, -0.05) is 0 Å². The first-order valence-corrected chi connectivity index (χ1v) is 10.3. The number of hydrogen-bond acceptors (Lipinski definition) is 5. The van der Waals surface area contributed by atoms with Gasteiger partial charge in [0.2, 0.25) is 15.9 Å². The van der Waals surface area contributed by atoms with Gasteiger partial charge >= 0.3 is 0 Å². The van der Waals surface area contributed by atoms with Gasteiger partial charge in [-0.2, -0.15) is 9.40 Å². The number of carbonyl (C=O) groups excluding carboxylic acids is 1. The molecule has 27 heavy (non-hydrogen) atoms. The van der Waals surface area contributed by atoms with Gasteiger partial charge in [-0.25, -0.2) is 8.42 Å². The van der Waals surface area contributed by atoms with E-state index < -0.39 is 10.0 Å². The van der Waals surface area contributed by atoms with Crippen molar-refractivity contribution in [2.45, 2.75) is 32.2 Å². The summed E-state index contributed by atoms with van der Waals surface area (Å²) in [4.78, 5) is 14.2. The van der Waals surface area contributed by atoms with Gasteiger partial charge in [0, 0.05) is 38.8 Å². The number of piperazine rings is 1. The molecule has 0 bridgehead atoms. The quantitative estimate of drug-likeness (QED) is 0.722. The van der Waals surface area contributed by atoms with Crippen LogP contribution in [0, 0.1) is 13.8 Å². The lowest BCUT2D eigenvalue weighted by atomic mass is 10.3. The molecule has 3 heterocycles. The van der Waals surface area contributed by atoms with E-state index in [1.54, 1.807) is 47.9 Å². The molecule has 1 aliphatic rings. The van der Waals surface area contributed by atoms with Crippen LogP contribution in [-0.4, -0.2) is 59.5 Å². The highest BCUT2D eigenvalue weighted by Crippen LogP contribution is 2.24. The van der Waals surface area contributed by atoms with E-state index in [1.807, 2.05) is 6.92 Å². The van der Waals surface area contributed by atoms with Crippen molar-refractivity contribution >= 4 is 22.0 Å². The standard InChI is InChI=1S/C18H24N4O4S/c1-4-22-15(3)18(14(2)19-22)27(24,25)21-11-9-20(10-12-21)17(23)8-7-16-6-5-13-26-16/h5-8,13H,4,9-12H2,1-3H3. The molecule has 1 aliphatic heterocycles. The van der Waals surface area contributed by atoms with Gasteiger partial charge in [-0.15, -0.1) is 0 Å². The lowest BCUT2D eigenvalue weighted by Gasteiger charge is -2.33. The minimum Gasteiger partial charge on any atom is -0.465 e. The minimum absolute atomic E-state index is 0.158. The third-order valence-corrected chi connectivity index (χ3v) is 6.85. The van der Waals surface area contributed by atoms with Gasteiger partial charge in [0.15, 0.2) is 0 Å². The van der Waals surface area contributed by atoms with Gasteiger partial charge in [0.05, 0.1) is 17.7 Å². The van der Waals surface area contributed by atoms with E-state index >= 15 is 0 Å². The molecule has 1 saturated heterocycles. The maximum atomic E-state index is 13.1. The fourth-order valence-electron chi connectivity index (χ4n) is 3.28. The summed E-state index contributed by atoms with van der Waals surface area (Å²) in [5.41, 5.74) is 1.16. The first-order valence-electron chi connectivity index (χ1n) is 8.89. The first kappa shape index (κ1) is 19.4. The number of rotatable bonds is 5. The Bertz CT molecular complexity index is 936. The second kappa shape index (κ2) is 7.69. The van der Waals surface area contributed by atoms with Crippen LogP contribution >= 0.6 is 0 Å². The van der Waals surface area contributed by atoms with Crippen molar-refractivity contribution in [1.29, 1.82) is 0 Å². The summed E-state index contributed by atoms with van der Waals surface area (Å²) >= 11 is 0. The number of amides is 1. The summed E-state index contributed by atoms with van der Waals surface area (Å²) in [5.74, 6) is 0.443. The predicted octanol–water partition coefficient (Wildman–Crippen LogP) is 1.66. The Balaban J connectivity index is 1.68. The zero-order valence-corrected chi connectivity index (χ0v) is 16.6. The normalized spacial score (nSPS) is 16.3. The summed E-state index contributed by atoms with van der Waals surface area (Å²) in [6, 6.07) is 3.51. The van der Waals surface area contributed by atoms with Crippen LogP contribution in [0.3, 0.4) is 0 Å². The summed E-state index contributed by atoms with van der Waals surface area (Å²) in [5, 5.41) is 4.31. The van der Waals surface area contributed by atoms with Gasteiger partial charge in [-0.05, 0) is 39.0 Å². The molecule has 0 N–H and O–H groups in total. The van der Waals surface area contributed by atoms with Crippen LogP contribution in [0.5, 0.6) is 0 Å². The lowest BCUT2D eigenvalue weighted by molar-refractivity contribution is -0.127. The second-order valence-corrected chi connectivity index (χ2v) is 8.27. The predicted molar refractivity (Wildman–Crippen MR) is 100 cm³/mol. The molecule has 0 radical (unpaired) electrons. The van der Waals surface area contributed by atoms with Gasteiger partial charge in [0.1, 0.15) is 10.7 Å². The van der Waals surface area contributed by atoms with E-state index in [1.165, 1.54) is 10.4 Å². The molecule has 0 aromatic carbocycles. The molecule has 0 atom stereocenters. The molecule has 0 saturated carbocycles. The molecule has 9 heteroatoms. The van der Waals surface area contributed by atoms with E-state index in [4.69, 9.17) is 4.42 Å². The Hall–Kier alpha value is -2.39. The fourth-order valence-corrected chi connectivity index (χ4v) is 5.08. The molecule has 146 valence electrons.